The van der Waals surface area contributed by atoms with E-state index in [2.05, 4.69) is 29.1 Å². The van der Waals surface area contributed by atoms with Crippen molar-refractivity contribution in [1.82, 2.24) is 15.1 Å². The molecule has 0 atom stereocenters. The second kappa shape index (κ2) is 6.72. The first-order valence-electron chi connectivity index (χ1n) is 7.45. The maximum absolute atomic E-state index is 3.73. The molecule has 0 amide bonds. The molecule has 1 N–H and O–H groups in total. The van der Waals surface area contributed by atoms with Gasteiger partial charge in [-0.05, 0) is 58.8 Å². The molecule has 1 aliphatic carbocycles. The number of hydrogen-bond acceptors (Lipinski definition) is 3. The van der Waals surface area contributed by atoms with Gasteiger partial charge >= 0.3 is 0 Å². The molecule has 1 heterocycles. The Kier molecular flexibility index (Phi) is 5.26. The van der Waals surface area contributed by atoms with Gasteiger partial charge in [-0.1, -0.05) is 6.92 Å². The summed E-state index contributed by atoms with van der Waals surface area (Å²) in [6.07, 6.45) is 6.82. The lowest BCUT2D eigenvalue weighted by molar-refractivity contribution is 0.194. The summed E-state index contributed by atoms with van der Waals surface area (Å²) >= 11 is 0. The molecule has 100 valence electrons. The highest BCUT2D eigenvalue weighted by atomic mass is 15.2. The Balaban J connectivity index is 1.52. The number of hydrogen-bond donors (Lipinski definition) is 1. The maximum atomic E-state index is 3.73. The van der Waals surface area contributed by atoms with Gasteiger partial charge in [0.05, 0.1) is 0 Å². The van der Waals surface area contributed by atoms with Crippen molar-refractivity contribution in [1.29, 1.82) is 0 Å². The van der Waals surface area contributed by atoms with Gasteiger partial charge in [-0.3, -0.25) is 0 Å². The molecule has 1 aliphatic heterocycles. The first-order chi connectivity index (χ1) is 8.29. The maximum Gasteiger partial charge on any atom is 0.0107 e. The zero-order valence-corrected chi connectivity index (χ0v) is 11.6. The van der Waals surface area contributed by atoms with Crippen molar-refractivity contribution in [3.63, 3.8) is 0 Å². The fourth-order valence-corrected chi connectivity index (χ4v) is 2.82. The smallest absolute Gasteiger partial charge is 0.0107 e. The number of likely N-dealkylation sites (N-methyl/N-ethyl adjacent to an activating group) is 1. The van der Waals surface area contributed by atoms with Crippen LogP contribution in [-0.4, -0.2) is 61.7 Å². The highest BCUT2D eigenvalue weighted by Gasteiger charge is 2.25. The topological polar surface area (TPSA) is 18.5 Å². The van der Waals surface area contributed by atoms with Crippen LogP contribution in [0.25, 0.3) is 0 Å². The monoisotopic (exact) mass is 239 g/mol. The highest BCUT2D eigenvalue weighted by molar-refractivity contribution is 4.83. The van der Waals surface area contributed by atoms with Gasteiger partial charge in [0.25, 0.3) is 0 Å². The number of piperidine rings is 1. The van der Waals surface area contributed by atoms with Crippen LogP contribution in [0.1, 0.15) is 39.0 Å². The van der Waals surface area contributed by atoms with E-state index in [1.165, 1.54) is 64.8 Å². The van der Waals surface area contributed by atoms with E-state index in [9.17, 15) is 0 Å². The minimum absolute atomic E-state index is 0.774. The molecule has 3 heteroatoms. The van der Waals surface area contributed by atoms with E-state index in [0.29, 0.717) is 0 Å². The van der Waals surface area contributed by atoms with E-state index in [1.807, 2.05) is 0 Å². The molecule has 2 fully saturated rings. The highest BCUT2D eigenvalue weighted by Crippen LogP contribution is 2.24. The zero-order chi connectivity index (χ0) is 12.1. The van der Waals surface area contributed by atoms with Gasteiger partial charge in [-0.25, -0.2) is 0 Å². The predicted molar refractivity (Wildman–Crippen MR) is 73.4 cm³/mol. The number of nitrogens with zero attached hydrogens (tertiary/aromatic N) is 2. The summed E-state index contributed by atoms with van der Waals surface area (Å²) in [7, 11) is 2.27. The summed E-state index contributed by atoms with van der Waals surface area (Å²) in [6, 6.07) is 1.68. The standard InChI is InChI=1S/C14H29N3/c1-3-9-17-10-6-13(7-11-17)15-8-12-16(2)14-4-5-14/h13-15H,3-12H2,1-2H3. The van der Waals surface area contributed by atoms with Crippen molar-refractivity contribution in [2.45, 2.75) is 51.1 Å². The van der Waals surface area contributed by atoms with Gasteiger partial charge in [0.2, 0.25) is 0 Å². The average Bonchev–Trinajstić information content (AvgIpc) is 3.15. The summed E-state index contributed by atoms with van der Waals surface area (Å²) in [4.78, 5) is 5.12. The summed E-state index contributed by atoms with van der Waals surface area (Å²) in [6.45, 7) is 8.55. The molecule has 2 aliphatic rings. The molecule has 1 saturated carbocycles. The first kappa shape index (κ1) is 13.3. The Hall–Kier alpha value is -0.120. The van der Waals surface area contributed by atoms with Gasteiger partial charge in [0, 0.05) is 25.2 Å². The van der Waals surface area contributed by atoms with Gasteiger partial charge < -0.3 is 15.1 Å². The third-order valence-corrected chi connectivity index (χ3v) is 4.20. The largest absolute Gasteiger partial charge is 0.313 e. The third-order valence-electron chi connectivity index (χ3n) is 4.20. The van der Waals surface area contributed by atoms with Crippen molar-refractivity contribution >= 4 is 0 Å². The fourth-order valence-electron chi connectivity index (χ4n) is 2.82. The Labute approximate surface area is 107 Å². The minimum atomic E-state index is 0.774. The lowest BCUT2D eigenvalue weighted by atomic mass is 10.0. The number of rotatable bonds is 7. The van der Waals surface area contributed by atoms with Crippen molar-refractivity contribution in [3.8, 4) is 0 Å². The average molecular weight is 239 g/mol. The third kappa shape index (κ3) is 4.57. The van der Waals surface area contributed by atoms with Crippen LogP contribution in [0.3, 0.4) is 0 Å². The Morgan fingerprint density at radius 3 is 2.47 bits per heavy atom. The SMILES string of the molecule is CCCN1CCC(NCCN(C)C2CC2)CC1. The summed E-state index contributed by atoms with van der Waals surface area (Å²) in [5.74, 6) is 0. The molecule has 17 heavy (non-hydrogen) atoms. The Bertz CT molecular complexity index is 208. The lowest BCUT2D eigenvalue weighted by Gasteiger charge is -2.32. The normalized spacial score (nSPS) is 23.5. The van der Waals surface area contributed by atoms with E-state index < -0.39 is 0 Å². The molecule has 0 spiro atoms. The molecule has 0 aromatic carbocycles. The van der Waals surface area contributed by atoms with E-state index in [4.69, 9.17) is 0 Å². The lowest BCUT2D eigenvalue weighted by Crippen LogP contribution is -2.44. The molecular formula is C14H29N3. The van der Waals surface area contributed by atoms with Gasteiger partial charge in [-0.15, -0.1) is 0 Å². The van der Waals surface area contributed by atoms with Crippen LogP contribution < -0.4 is 5.32 Å². The number of nitrogens with one attached hydrogen (secondary N) is 1. The fraction of sp³-hybridized carbons (Fsp3) is 1.00. The molecular weight excluding hydrogens is 210 g/mol. The molecule has 3 nitrogen and oxygen atoms in total. The van der Waals surface area contributed by atoms with Crippen LogP contribution in [0.2, 0.25) is 0 Å². The van der Waals surface area contributed by atoms with E-state index in [-0.39, 0.29) is 0 Å². The van der Waals surface area contributed by atoms with Crippen molar-refractivity contribution in [2.75, 3.05) is 39.8 Å². The van der Waals surface area contributed by atoms with Crippen LogP contribution in [0.15, 0.2) is 0 Å². The molecule has 0 unspecified atom stereocenters. The van der Waals surface area contributed by atoms with Crippen molar-refractivity contribution in [2.24, 2.45) is 0 Å². The minimum Gasteiger partial charge on any atom is -0.313 e. The van der Waals surface area contributed by atoms with Crippen molar-refractivity contribution in [3.05, 3.63) is 0 Å². The quantitative estimate of drug-likeness (QED) is 0.727. The molecule has 0 aromatic heterocycles. The van der Waals surface area contributed by atoms with E-state index in [1.54, 1.807) is 0 Å². The molecule has 0 radical (unpaired) electrons. The van der Waals surface area contributed by atoms with Crippen LogP contribution in [0, 0.1) is 0 Å². The molecule has 1 saturated heterocycles. The van der Waals surface area contributed by atoms with E-state index in [0.717, 1.165) is 12.1 Å². The van der Waals surface area contributed by atoms with Crippen LogP contribution in [-0.2, 0) is 0 Å². The predicted octanol–water partition coefficient (Wildman–Crippen LogP) is 1.54. The second-order valence-corrected chi connectivity index (χ2v) is 5.78. The first-order valence-corrected chi connectivity index (χ1v) is 7.45. The molecule has 2 rings (SSSR count). The summed E-state index contributed by atoms with van der Waals surface area (Å²) in [5, 5.41) is 3.73. The van der Waals surface area contributed by atoms with Gasteiger partial charge in [0.1, 0.15) is 0 Å². The molecule has 0 aromatic rings. The Morgan fingerprint density at radius 2 is 1.88 bits per heavy atom. The summed E-state index contributed by atoms with van der Waals surface area (Å²) in [5.41, 5.74) is 0. The van der Waals surface area contributed by atoms with Crippen molar-refractivity contribution < 1.29 is 0 Å². The second-order valence-electron chi connectivity index (χ2n) is 5.78. The van der Waals surface area contributed by atoms with Crippen LogP contribution in [0.5, 0.6) is 0 Å². The Morgan fingerprint density at radius 1 is 1.18 bits per heavy atom. The van der Waals surface area contributed by atoms with E-state index >= 15 is 0 Å². The van der Waals surface area contributed by atoms with Gasteiger partial charge in [-0.2, -0.15) is 0 Å². The zero-order valence-electron chi connectivity index (χ0n) is 11.6. The summed E-state index contributed by atoms with van der Waals surface area (Å²) < 4.78 is 0. The van der Waals surface area contributed by atoms with Crippen LogP contribution >= 0.6 is 0 Å². The van der Waals surface area contributed by atoms with Crippen LogP contribution in [0.4, 0.5) is 0 Å². The number of likely N-dealkylation sites (tertiary alicyclic amines) is 1. The molecule has 0 bridgehead atoms. The van der Waals surface area contributed by atoms with Gasteiger partial charge in [0.15, 0.2) is 0 Å².